The van der Waals surface area contributed by atoms with Gasteiger partial charge in [-0.1, -0.05) is 12.0 Å². The van der Waals surface area contributed by atoms with Crippen LogP contribution in [0.15, 0.2) is 34.7 Å². The molecule has 6 heterocycles. The number of benzene rings is 3. The molecule has 4 atom stereocenters. The number of phenolic OH excluding ortho intramolecular Hbond substituents is 1. The molecular formula is C42H42F3N5O4. The first-order valence-electron chi connectivity index (χ1n) is 19.2. The minimum atomic E-state index is -0.940. The lowest BCUT2D eigenvalue weighted by Crippen LogP contribution is -2.60. The van der Waals surface area contributed by atoms with Crippen LogP contribution in [0, 0.1) is 36.8 Å². The molecule has 54 heavy (non-hydrogen) atoms. The molecule has 3 aromatic carbocycles. The molecule has 0 amide bonds. The molecule has 280 valence electrons. The number of rotatable bonds is 7. The highest BCUT2D eigenvalue weighted by Crippen LogP contribution is 2.48. The van der Waals surface area contributed by atoms with E-state index in [9.17, 15) is 14.6 Å². The van der Waals surface area contributed by atoms with Crippen LogP contribution in [0.2, 0.25) is 0 Å². The molecule has 5 aliphatic rings. The van der Waals surface area contributed by atoms with E-state index in [0.717, 1.165) is 45.1 Å². The summed E-state index contributed by atoms with van der Waals surface area (Å²) < 4.78 is 60.4. The van der Waals surface area contributed by atoms with Gasteiger partial charge in [-0.15, -0.1) is 6.42 Å². The van der Waals surface area contributed by atoms with Crippen LogP contribution in [0.1, 0.15) is 56.3 Å². The van der Waals surface area contributed by atoms with Gasteiger partial charge in [0, 0.05) is 67.1 Å². The minimum absolute atomic E-state index is 0.00105. The molecule has 1 aliphatic carbocycles. The van der Waals surface area contributed by atoms with Gasteiger partial charge in [0.2, 0.25) is 0 Å². The Hall–Kier alpha value is -4.57. The lowest BCUT2D eigenvalue weighted by Gasteiger charge is -2.50. The molecule has 2 aromatic heterocycles. The van der Waals surface area contributed by atoms with Gasteiger partial charge in [-0.2, -0.15) is 9.97 Å². The third kappa shape index (κ3) is 5.11. The van der Waals surface area contributed by atoms with Gasteiger partial charge in [0.15, 0.2) is 5.82 Å². The molecule has 4 saturated heterocycles. The Labute approximate surface area is 310 Å². The van der Waals surface area contributed by atoms with Gasteiger partial charge in [0.05, 0.1) is 22.1 Å². The number of furan rings is 1. The van der Waals surface area contributed by atoms with E-state index in [1.54, 1.807) is 6.92 Å². The molecule has 9 nitrogen and oxygen atoms in total. The lowest BCUT2D eigenvalue weighted by molar-refractivity contribution is 0.00821. The summed E-state index contributed by atoms with van der Waals surface area (Å²) in [5.41, 5.74) is -0.144. The van der Waals surface area contributed by atoms with E-state index < -0.39 is 23.3 Å². The quantitative estimate of drug-likeness (QED) is 0.174. The molecule has 2 N–H and O–H groups in total. The van der Waals surface area contributed by atoms with Crippen molar-refractivity contribution < 1.29 is 32.5 Å². The highest BCUT2D eigenvalue weighted by Gasteiger charge is 2.50. The lowest BCUT2D eigenvalue weighted by atomic mass is 9.79. The van der Waals surface area contributed by atoms with Crippen molar-refractivity contribution in [2.24, 2.45) is 5.92 Å². The summed E-state index contributed by atoms with van der Waals surface area (Å²) in [5, 5.41) is 22.3. The van der Waals surface area contributed by atoms with Crippen molar-refractivity contribution in [3.8, 4) is 35.2 Å². The fraction of sp³-hybridized carbons (Fsp3) is 0.476. The van der Waals surface area contributed by atoms with E-state index in [4.69, 9.17) is 25.5 Å². The van der Waals surface area contributed by atoms with Gasteiger partial charge in [0.25, 0.3) is 0 Å². The third-order valence-electron chi connectivity index (χ3n) is 13.1. The number of ether oxygens (including phenoxy) is 1. The van der Waals surface area contributed by atoms with E-state index in [1.807, 2.05) is 6.07 Å². The number of hydrogen-bond acceptors (Lipinski definition) is 9. The highest BCUT2D eigenvalue weighted by molar-refractivity contribution is 6.18. The van der Waals surface area contributed by atoms with Crippen LogP contribution in [0.4, 0.5) is 19.0 Å². The number of fused-ring (bicyclic) bond motifs is 7. The Kier molecular flexibility index (Phi) is 7.85. The van der Waals surface area contributed by atoms with Crippen LogP contribution < -0.4 is 9.64 Å². The molecule has 4 aliphatic heterocycles. The van der Waals surface area contributed by atoms with Crippen molar-refractivity contribution in [3.05, 3.63) is 53.3 Å². The van der Waals surface area contributed by atoms with Crippen molar-refractivity contribution in [1.29, 1.82) is 0 Å². The smallest absolute Gasteiger partial charge is 0.319 e. The van der Waals surface area contributed by atoms with Crippen molar-refractivity contribution in [3.63, 3.8) is 0 Å². The van der Waals surface area contributed by atoms with E-state index in [2.05, 4.69) is 20.6 Å². The number of piperazine rings is 1. The first-order valence-corrected chi connectivity index (χ1v) is 19.2. The number of aromatic hydroxyl groups is 1. The molecule has 0 spiro atoms. The summed E-state index contributed by atoms with van der Waals surface area (Å²) in [6.07, 6.45) is 11.1. The van der Waals surface area contributed by atoms with Crippen molar-refractivity contribution in [2.75, 3.05) is 44.3 Å². The maximum atomic E-state index is 17.7. The molecule has 0 radical (unpaired) electrons. The zero-order valence-corrected chi connectivity index (χ0v) is 30.1. The van der Waals surface area contributed by atoms with Crippen LogP contribution in [0.3, 0.4) is 0 Å². The largest absolute Gasteiger partial charge is 0.508 e. The first-order chi connectivity index (χ1) is 26.1. The average Bonchev–Trinajstić information content (AvgIpc) is 3.85. The fourth-order valence-electron chi connectivity index (χ4n) is 10.7. The second-order valence-corrected chi connectivity index (χ2v) is 16.3. The average molecular weight is 738 g/mol. The molecular weight excluding hydrogens is 695 g/mol. The number of aromatic nitrogens is 2. The number of terminal acetylenes is 1. The van der Waals surface area contributed by atoms with Gasteiger partial charge < -0.3 is 24.3 Å². The number of aliphatic hydroxyl groups is 1. The standard InChI is InChI=1S/C42H42F3N5O4/c1-3-30-33(44)8-5-24-14-29(52)15-31(34(24)30)35-37(45)38-36(32-11-22(2)54-39(32)35)40(47-41(46-38)53-21-42-9-4-10-49(42)17-25(43)16-42)48-18-26-6-7-27(19-48)50(26)28-12-23(13-28)20-51/h1,5,8,11,14-15,23,25-28,51-52H,4,6-7,9-10,12-13,16-21H2,2H3/t23?,25-,26-,27+,28?,42+/m1/s1. The Balaban J connectivity index is 1.16. The molecule has 1 saturated carbocycles. The van der Waals surface area contributed by atoms with Gasteiger partial charge >= 0.3 is 6.01 Å². The number of halogens is 3. The Morgan fingerprint density at radius 2 is 1.85 bits per heavy atom. The zero-order valence-electron chi connectivity index (χ0n) is 30.1. The van der Waals surface area contributed by atoms with Crippen LogP contribution in [0.5, 0.6) is 11.8 Å². The molecule has 2 bridgehead atoms. The van der Waals surface area contributed by atoms with Gasteiger partial charge in [-0.05, 0) is 87.6 Å². The number of anilines is 1. The Morgan fingerprint density at radius 1 is 1.06 bits per heavy atom. The number of aryl methyl sites for hydroxylation is 1. The number of aliphatic hydroxyl groups excluding tert-OH is 1. The predicted octanol–water partition coefficient (Wildman–Crippen LogP) is 6.85. The van der Waals surface area contributed by atoms with Crippen molar-refractivity contribution >= 4 is 38.5 Å². The Bertz CT molecular complexity index is 2380. The first kappa shape index (κ1) is 34.0. The molecule has 5 fully saturated rings. The van der Waals surface area contributed by atoms with Gasteiger partial charge in [0.1, 0.15) is 47.0 Å². The SMILES string of the molecule is C#Cc1c(F)ccc2cc(O)cc(-c3c(F)c4nc(OC[C@@]56CCCN5C[C@H](F)C6)nc(N5C[C@H]6CC[C@@H](C5)N6C5CC(CO)C5)c4c4cc(C)oc34)c12. The molecule has 5 aromatic rings. The third-order valence-corrected chi connectivity index (χ3v) is 13.1. The normalized spacial score (nSPS) is 28.3. The monoisotopic (exact) mass is 737 g/mol. The molecule has 12 heteroatoms. The van der Waals surface area contributed by atoms with Gasteiger partial charge in [-0.3, -0.25) is 9.80 Å². The van der Waals surface area contributed by atoms with E-state index in [1.165, 1.54) is 24.3 Å². The number of nitrogens with zero attached hydrogens (tertiary/aromatic N) is 5. The number of hydrogen-bond donors (Lipinski definition) is 2. The van der Waals surface area contributed by atoms with Crippen molar-refractivity contribution in [1.82, 2.24) is 19.8 Å². The van der Waals surface area contributed by atoms with Gasteiger partial charge in [-0.25, -0.2) is 13.2 Å². The fourth-order valence-corrected chi connectivity index (χ4v) is 10.7. The summed E-state index contributed by atoms with van der Waals surface area (Å²) in [4.78, 5) is 16.8. The molecule has 10 rings (SSSR count). The number of phenols is 1. The Morgan fingerprint density at radius 3 is 2.61 bits per heavy atom. The predicted molar refractivity (Wildman–Crippen MR) is 200 cm³/mol. The second-order valence-electron chi connectivity index (χ2n) is 16.3. The highest BCUT2D eigenvalue weighted by atomic mass is 19.1. The summed E-state index contributed by atoms with van der Waals surface area (Å²) in [7, 11) is 0. The maximum absolute atomic E-state index is 17.7. The van der Waals surface area contributed by atoms with E-state index in [0.29, 0.717) is 65.8 Å². The minimum Gasteiger partial charge on any atom is -0.508 e. The van der Waals surface area contributed by atoms with Crippen LogP contribution in [-0.4, -0.2) is 99.2 Å². The summed E-state index contributed by atoms with van der Waals surface area (Å²) in [6.45, 7) is 4.69. The second kappa shape index (κ2) is 12.5. The number of alkyl halides is 1. The molecule has 0 unspecified atom stereocenters. The maximum Gasteiger partial charge on any atom is 0.319 e. The van der Waals surface area contributed by atoms with Crippen LogP contribution in [0.25, 0.3) is 43.8 Å². The van der Waals surface area contributed by atoms with E-state index >= 15 is 8.78 Å². The van der Waals surface area contributed by atoms with Crippen LogP contribution in [-0.2, 0) is 0 Å². The summed E-state index contributed by atoms with van der Waals surface area (Å²) >= 11 is 0. The topological polar surface area (TPSA) is 98.3 Å². The summed E-state index contributed by atoms with van der Waals surface area (Å²) in [6, 6.07) is 8.41. The zero-order chi connectivity index (χ0) is 37.0. The van der Waals surface area contributed by atoms with Crippen LogP contribution >= 0.6 is 0 Å². The van der Waals surface area contributed by atoms with E-state index in [-0.39, 0.29) is 70.2 Å². The summed E-state index contributed by atoms with van der Waals surface area (Å²) in [5.74, 6) is 2.32. The van der Waals surface area contributed by atoms with Crippen molar-refractivity contribution in [2.45, 2.75) is 81.7 Å².